The highest BCUT2D eigenvalue weighted by atomic mass is 35.5. The van der Waals surface area contributed by atoms with Crippen molar-refractivity contribution in [3.05, 3.63) is 28.2 Å². The van der Waals surface area contributed by atoms with Gasteiger partial charge in [0.15, 0.2) is 0 Å². The van der Waals surface area contributed by atoms with Crippen molar-refractivity contribution in [1.82, 2.24) is 0 Å². The van der Waals surface area contributed by atoms with Crippen LogP contribution in [0, 0.1) is 0 Å². The van der Waals surface area contributed by atoms with Gasteiger partial charge in [0.05, 0.1) is 21.5 Å². The summed E-state index contributed by atoms with van der Waals surface area (Å²) >= 11 is 12.9. The van der Waals surface area contributed by atoms with Gasteiger partial charge in [0, 0.05) is 5.75 Å². The Balaban J connectivity index is 2.46. The van der Waals surface area contributed by atoms with Crippen molar-refractivity contribution < 1.29 is 14.7 Å². The number of benzene rings is 1. The first-order valence-electron chi connectivity index (χ1n) is 5.21. The van der Waals surface area contributed by atoms with E-state index in [2.05, 4.69) is 5.32 Å². The normalized spacial score (nSPS) is 11.9. The molecule has 0 unspecified atom stereocenters. The summed E-state index contributed by atoms with van der Waals surface area (Å²) in [6.07, 6.45) is 0. The highest BCUT2D eigenvalue weighted by Crippen LogP contribution is 2.29. The molecule has 104 valence electrons. The van der Waals surface area contributed by atoms with Crippen LogP contribution in [0.2, 0.25) is 10.0 Å². The number of carbonyl (C=O) groups excluding carboxylic acids is 1. The zero-order valence-electron chi connectivity index (χ0n) is 9.73. The zero-order valence-corrected chi connectivity index (χ0v) is 12.1. The van der Waals surface area contributed by atoms with Crippen molar-refractivity contribution in [2.45, 2.75) is 6.04 Å². The predicted octanol–water partition coefficient (Wildman–Crippen LogP) is 2.08. The lowest BCUT2D eigenvalue weighted by Gasteiger charge is -2.09. The van der Waals surface area contributed by atoms with E-state index in [4.69, 9.17) is 34.0 Å². The van der Waals surface area contributed by atoms with E-state index in [1.807, 2.05) is 0 Å². The number of para-hydroxylation sites is 1. The van der Waals surface area contributed by atoms with Gasteiger partial charge in [0.25, 0.3) is 0 Å². The van der Waals surface area contributed by atoms with E-state index in [1.54, 1.807) is 18.2 Å². The first-order valence-corrected chi connectivity index (χ1v) is 7.13. The molecule has 0 radical (unpaired) electrons. The number of amides is 1. The van der Waals surface area contributed by atoms with Gasteiger partial charge in [0.2, 0.25) is 5.91 Å². The maximum Gasteiger partial charge on any atom is 0.321 e. The number of carbonyl (C=O) groups is 2. The van der Waals surface area contributed by atoms with Crippen LogP contribution in [0.5, 0.6) is 0 Å². The zero-order chi connectivity index (χ0) is 14.4. The lowest BCUT2D eigenvalue weighted by Crippen LogP contribution is -2.33. The van der Waals surface area contributed by atoms with Crippen molar-refractivity contribution >= 4 is 52.5 Å². The standard InChI is InChI=1S/C11H12Cl2N2O3S/c12-6-2-1-3-7(13)10(6)15-9(16)5-19-4-8(14)11(17)18/h1-3,8H,4-5,14H2,(H,15,16)(H,17,18)/t8-/m1/s1. The molecule has 0 aromatic heterocycles. The Kier molecular flexibility index (Phi) is 6.44. The molecule has 5 nitrogen and oxygen atoms in total. The second-order valence-electron chi connectivity index (χ2n) is 3.60. The summed E-state index contributed by atoms with van der Waals surface area (Å²) in [7, 11) is 0. The summed E-state index contributed by atoms with van der Waals surface area (Å²) in [5, 5.41) is 11.8. The largest absolute Gasteiger partial charge is 0.480 e. The average molecular weight is 323 g/mol. The highest BCUT2D eigenvalue weighted by Gasteiger charge is 2.13. The van der Waals surface area contributed by atoms with E-state index in [0.29, 0.717) is 15.7 Å². The van der Waals surface area contributed by atoms with Gasteiger partial charge in [-0.25, -0.2) is 0 Å². The molecule has 19 heavy (non-hydrogen) atoms. The molecule has 1 aromatic carbocycles. The lowest BCUT2D eigenvalue weighted by molar-refractivity contribution is -0.137. The maximum absolute atomic E-state index is 11.6. The average Bonchev–Trinajstić information content (AvgIpc) is 2.33. The van der Waals surface area contributed by atoms with Crippen molar-refractivity contribution in [2.75, 3.05) is 16.8 Å². The van der Waals surface area contributed by atoms with Crippen molar-refractivity contribution in [3.63, 3.8) is 0 Å². The van der Waals surface area contributed by atoms with E-state index >= 15 is 0 Å². The smallest absolute Gasteiger partial charge is 0.321 e. The van der Waals surface area contributed by atoms with Crippen LogP contribution in [-0.4, -0.2) is 34.5 Å². The Morgan fingerprint density at radius 3 is 2.47 bits per heavy atom. The molecule has 0 aliphatic heterocycles. The summed E-state index contributed by atoms with van der Waals surface area (Å²) in [5.74, 6) is -1.19. The van der Waals surface area contributed by atoms with E-state index < -0.39 is 12.0 Å². The molecule has 4 N–H and O–H groups in total. The fraction of sp³-hybridized carbons (Fsp3) is 0.273. The number of nitrogens with two attached hydrogens (primary N) is 1. The first kappa shape index (κ1) is 16.1. The van der Waals surface area contributed by atoms with Crippen LogP contribution >= 0.6 is 35.0 Å². The minimum Gasteiger partial charge on any atom is -0.480 e. The number of hydrogen-bond acceptors (Lipinski definition) is 4. The number of carboxylic acid groups (broad SMARTS) is 1. The van der Waals surface area contributed by atoms with Crippen LogP contribution in [0.15, 0.2) is 18.2 Å². The van der Waals surface area contributed by atoms with Gasteiger partial charge in [-0.15, -0.1) is 11.8 Å². The molecule has 1 amide bonds. The maximum atomic E-state index is 11.6. The SMILES string of the molecule is N[C@H](CSCC(=O)Nc1c(Cl)cccc1Cl)C(=O)O. The molecule has 0 bridgehead atoms. The number of nitrogens with one attached hydrogen (secondary N) is 1. The Labute approximate surface area is 124 Å². The molecule has 1 aromatic rings. The third kappa shape index (κ3) is 5.28. The van der Waals surface area contributed by atoms with Crippen LogP contribution in [-0.2, 0) is 9.59 Å². The van der Waals surface area contributed by atoms with Gasteiger partial charge in [-0.05, 0) is 12.1 Å². The first-order chi connectivity index (χ1) is 8.91. The summed E-state index contributed by atoms with van der Waals surface area (Å²) < 4.78 is 0. The lowest BCUT2D eigenvalue weighted by atomic mass is 10.3. The van der Waals surface area contributed by atoms with Gasteiger partial charge in [0.1, 0.15) is 6.04 Å². The van der Waals surface area contributed by atoms with Crippen LogP contribution in [0.4, 0.5) is 5.69 Å². The highest BCUT2D eigenvalue weighted by molar-refractivity contribution is 8.00. The van der Waals surface area contributed by atoms with Gasteiger partial charge < -0.3 is 16.2 Å². The number of aliphatic carboxylic acids is 1. The molecule has 1 atom stereocenters. The molecule has 0 heterocycles. The van der Waals surface area contributed by atoms with E-state index in [1.165, 1.54) is 0 Å². The van der Waals surface area contributed by atoms with Crippen molar-refractivity contribution in [1.29, 1.82) is 0 Å². The Morgan fingerprint density at radius 2 is 1.95 bits per heavy atom. The molecule has 0 saturated heterocycles. The van der Waals surface area contributed by atoms with Crippen molar-refractivity contribution in [2.24, 2.45) is 5.73 Å². The molecule has 0 aliphatic carbocycles. The minimum atomic E-state index is -1.10. The van der Waals surface area contributed by atoms with Crippen LogP contribution in [0.25, 0.3) is 0 Å². The fourth-order valence-corrected chi connectivity index (χ4v) is 2.41. The fourth-order valence-electron chi connectivity index (χ4n) is 1.14. The predicted molar refractivity (Wildman–Crippen MR) is 78.0 cm³/mol. The number of thioether (sulfide) groups is 1. The van der Waals surface area contributed by atoms with Crippen LogP contribution < -0.4 is 11.1 Å². The molecule has 8 heteroatoms. The van der Waals surface area contributed by atoms with Crippen molar-refractivity contribution in [3.8, 4) is 0 Å². The molecular formula is C11H12Cl2N2O3S. The molecule has 0 saturated carbocycles. The second-order valence-corrected chi connectivity index (χ2v) is 5.45. The topological polar surface area (TPSA) is 92.4 Å². The third-order valence-electron chi connectivity index (χ3n) is 2.07. The Hall–Kier alpha value is -0.950. The van der Waals surface area contributed by atoms with Gasteiger partial charge in [-0.3, -0.25) is 9.59 Å². The summed E-state index contributed by atoms with van der Waals surface area (Å²) in [6.45, 7) is 0. The Morgan fingerprint density at radius 1 is 1.37 bits per heavy atom. The molecule has 1 rings (SSSR count). The number of hydrogen-bond donors (Lipinski definition) is 3. The van der Waals surface area contributed by atoms with E-state index in [0.717, 1.165) is 11.8 Å². The number of halogens is 2. The third-order valence-corrected chi connectivity index (χ3v) is 3.77. The van der Waals surface area contributed by atoms with E-state index in [-0.39, 0.29) is 17.4 Å². The van der Waals surface area contributed by atoms with Gasteiger partial charge >= 0.3 is 5.97 Å². The molecule has 0 aliphatic rings. The molecule has 0 spiro atoms. The molecular weight excluding hydrogens is 311 g/mol. The number of carboxylic acids is 1. The quantitative estimate of drug-likeness (QED) is 0.745. The van der Waals surface area contributed by atoms with Crippen LogP contribution in [0.3, 0.4) is 0 Å². The number of anilines is 1. The van der Waals surface area contributed by atoms with Crippen LogP contribution in [0.1, 0.15) is 0 Å². The van der Waals surface area contributed by atoms with Gasteiger partial charge in [-0.2, -0.15) is 0 Å². The van der Waals surface area contributed by atoms with E-state index in [9.17, 15) is 9.59 Å². The summed E-state index contributed by atoms with van der Waals surface area (Å²) in [6, 6.07) is 3.90. The van der Waals surface area contributed by atoms with Gasteiger partial charge in [-0.1, -0.05) is 29.3 Å². The number of rotatable bonds is 6. The summed E-state index contributed by atoms with van der Waals surface area (Å²) in [5.41, 5.74) is 5.66. The summed E-state index contributed by atoms with van der Waals surface area (Å²) in [4.78, 5) is 22.1. The minimum absolute atomic E-state index is 0.0720. The monoisotopic (exact) mass is 322 g/mol. The Bertz CT molecular complexity index is 465. The molecule has 0 fully saturated rings. The second kappa shape index (κ2) is 7.59.